The molecule has 10 heteroatoms. The lowest BCUT2D eigenvalue weighted by Crippen LogP contribution is -2.40. The Morgan fingerprint density at radius 3 is 2.58 bits per heavy atom. The highest BCUT2D eigenvalue weighted by molar-refractivity contribution is 14.1. The van der Waals surface area contributed by atoms with Gasteiger partial charge in [-0.2, -0.15) is 0 Å². The molecule has 1 heterocycles. The van der Waals surface area contributed by atoms with Crippen LogP contribution in [-0.2, 0) is 24.0 Å². The lowest BCUT2D eigenvalue weighted by molar-refractivity contribution is -0.142. The highest BCUT2D eigenvalue weighted by Crippen LogP contribution is 2.55. The monoisotopic (exact) mass is 631 g/mol. The Morgan fingerprint density at radius 2 is 1.89 bits per heavy atom. The Bertz CT molecular complexity index is 1400. The van der Waals surface area contributed by atoms with Gasteiger partial charge in [0.1, 0.15) is 0 Å². The molecule has 4 aliphatic rings. The minimum Gasteiger partial charge on any atom is -0.504 e. The Morgan fingerprint density at radius 1 is 1.16 bits per heavy atom. The molecule has 4 atom stereocenters. The first-order chi connectivity index (χ1) is 18.0. The number of likely N-dealkylation sites (tertiary alicyclic amines) is 1. The summed E-state index contributed by atoms with van der Waals surface area (Å²) in [5.41, 5.74) is 2.50. The van der Waals surface area contributed by atoms with Crippen molar-refractivity contribution in [2.45, 2.75) is 38.5 Å². The molecule has 1 aromatic rings. The summed E-state index contributed by atoms with van der Waals surface area (Å²) in [6.45, 7) is 1.62. The molecule has 38 heavy (non-hydrogen) atoms. The maximum atomic E-state index is 13.6. The zero-order valence-electron chi connectivity index (χ0n) is 20.8. The summed E-state index contributed by atoms with van der Waals surface area (Å²) in [6.07, 6.45) is 3.75. The number of aliphatic carboxylic acids is 1. The highest BCUT2D eigenvalue weighted by Gasteiger charge is 2.56. The van der Waals surface area contributed by atoms with Crippen LogP contribution >= 0.6 is 22.6 Å². The molecule has 1 aliphatic heterocycles. The number of benzene rings is 1. The van der Waals surface area contributed by atoms with E-state index in [1.165, 1.54) is 18.1 Å². The number of phenols is 1. The van der Waals surface area contributed by atoms with Gasteiger partial charge in [0, 0.05) is 35.6 Å². The number of carbonyl (C=O) groups is 5. The number of phenolic OH excluding ortho intramolecular Hbond substituents is 1. The van der Waals surface area contributed by atoms with Crippen molar-refractivity contribution in [2.24, 2.45) is 17.8 Å². The SMILES string of the molecule is COc1cc(C2C3=CCC4C(=O)N(CCCC(=O)O)C(=O)C4C3CC3=C2C(=O)C=C(C)C3=O)cc(I)c1O. The lowest BCUT2D eigenvalue weighted by atomic mass is 9.59. The minimum atomic E-state index is -0.997. The van der Waals surface area contributed by atoms with Gasteiger partial charge in [-0.05, 0) is 78.5 Å². The first kappa shape index (κ1) is 26.3. The van der Waals surface area contributed by atoms with Crippen LogP contribution in [0.4, 0.5) is 0 Å². The van der Waals surface area contributed by atoms with Crippen LogP contribution in [0.1, 0.15) is 44.1 Å². The van der Waals surface area contributed by atoms with Crippen molar-refractivity contribution in [3.8, 4) is 11.5 Å². The summed E-state index contributed by atoms with van der Waals surface area (Å²) in [7, 11) is 1.43. The highest BCUT2D eigenvalue weighted by atomic mass is 127. The summed E-state index contributed by atoms with van der Waals surface area (Å²) >= 11 is 1.98. The summed E-state index contributed by atoms with van der Waals surface area (Å²) < 4.78 is 5.87. The first-order valence-electron chi connectivity index (χ1n) is 12.4. The molecule has 0 saturated carbocycles. The number of rotatable bonds is 6. The normalized spacial score (nSPS) is 26.6. The molecule has 9 nitrogen and oxygen atoms in total. The van der Waals surface area contributed by atoms with Gasteiger partial charge in [0.15, 0.2) is 23.1 Å². The van der Waals surface area contributed by atoms with Gasteiger partial charge in [-0.1, -0.05) is 11.6 Å². The van der Waals surface area contributed by atoms with Crippen LogP contribution < -0.4 is 4.74 Å². The molecule has 0 spiro atoms. The van der Waals surface area contributed by atoms with Gasteiger partial charge in [-0.15, -0.1) is 0 Å². The van der Waals surface area contributed by atoms with Gasteiger partial charge in [0.25, 0.3) is 0 Å². The van der Waals surface area contributed by atoms with E-state index in [1.807, 2.05) is 28.7 Å². The minimum absolute atomic E-state index is 0.0308. The molecule has 0 aromatic heterocycles. The van der Waals surface area contributed by atoms with Crippen molar-refractivity contribution in [2.75, 3.05) is 13.7 Å². The fraction of sp³-hybridized carbons (Fsp3) is 0.393. The molecule has 1 fully saturated rings. The number of ketones is 2. The Hall–Kier alpha value is -3.28. The molecule has 0 bridgehead atoms. The van der Waals surface area contributed by atoms with Crippen molar-refractivity contribution in [1.82, 2.24) is 4.90 Å². The third-order valence-corrected chi connectivity index (χ3v) is 8.85. The van der Waals surface area contributed by atoms with Crippen LogP contribution in [0.5, 0.6) is 11.5 Å². The van der Waals surface area contributed by atoms with Gasteiger partial charge < -0.3 is 14.9 Å². The van der Waals surface area contributed by atoms with Gasteiger partial charge in [-0.3, -0.25) is 28.9 Å². The molecule has 4 unspecified atom stereocenters. The van der Waals surface area contributed by atoms with E-state index in [4.69, 9.17) is 9.84 Å². The molecule has 0 radical (unpaired) electrons. The number of carbonyl (C=O) groups excluding carboxylic acids is 4. The van der Waals surface area contributed by atoms with Crippen molar-refractivity contribution in [3.63, 3.8) is 0 Å². The number of hydrogen-bond donors (Lipinski definition) is 2. The van der Waals surface area contributed by atoms with Crippen molar-refractivity contribution < 1.29 is 38.9 Å². The lowest BCUT2D eigenvalue weighted by Gasteiger charge is -2.42. The number of nitrogens with zero attached hydrogens (tertiary/aromatic N) is 1. The number of ether oxygens (including phenoxy) is 1. The summed E-state index contributed by atoms with van der Waals surface area (Å²) in [5, 5.41) is 19.4. The fourth-order valence-corrected chi connectivity index (χ4v) is 6.98. The van der Waals surface area contributed by atoms with E-state index in [0.29, 0.717) is 32.3 Å². The van der Waals surface area contributed by atoms with Crippen LogP contribution in [0.3, 0.4) is 0 Å². The Balaban J connectivity index is 1.61. The van der Waals surface area contributed by atoms with E-state index < -0.39 is 29.6 Å². The van der Waals surface area contributed by atoms with Crippen molar-refractivity contribution in [1.29, 1.82) is 0 Å². The van der Waals surface area contributed by atoms with Crippen LogP contribution in [0.15, 0.2) is 46.6 Å². The number of carboxylic acids is 1. The summed E-state index contributed by atoms with van der Waals surface area (Å²) in [4.78, 5) is 65.6. The number of fused-ring (bicyclic) bond motifs is 3. The number of carboxylic acid groups (broad SMARTS) is 1. The van der Waals surface area contributed by atoms with Crippen LogP contribution in [0.25, 0.3) is 0 Å². The van der Waals surface area contributed by atoms with Gasteiger partial charge in [0.2, 0.25) is 11.8 Å². The van der Waals surface area contributed by atoms with E-state index >= 15 is 0 Å². The van der Waals surface area contributed by atoms with Crippen molar-refractivity contribution >= 4 is 51.9 Å². The van der Waals surface area contributed by atoms with Crippen LogP contribution in [0, 0.1) is 21.3 Å². The Labute approximate surface area is 232 Å². The van der Waals surface area contributed by atoms with Gasteiger partial charge >= 0.3 is 5.97 Å². The van der Waals surface area contributed by atoms with E-state index in [2.05, 4.69) is 0 Å². The van der Waals surface area contributed by atoms with E-state index in [9.17, 15) is 29.1 Å². The number of halogens is 1. The third-order valence-electron chi connectivity index (χ3n) is 8.03. The second kappa shape index (κ2) is 9.79. The molecule has 3 aliphatic carbocycles. The van der Waals surface area contributed by atoms with Crippen LogP contribution in [0.2, 0.25) is 0 Å². The molecule has 2 N–H and O–H groups in total. The Kier molecular flexibility index (Phi) is 6.79. The first-order valence-corrected chi connectivity index (χ1v) is 13.5. The standard InChI is InChI=1S/C28H26INO8/c1-12-8-19(31)24-17(25(12)34)11-16-14(22(24)13-9-18(29)26(35)20(10-13)38-2)5-6-15-23(16)28(37)30(27(15)36)7-3-4-21(32)33/h5,8-10,15-16,22-23,35H,3-4,6-7,11H2,1-2H3,(H,32,33). The predicted octanol–water partition coefficient (Wildman–Crippen LogP) is 3.30. The maximum Gasteiger partial charge on any atom is 0.303 e. The smallest absolute Gasteiger partial charge is 0.303 e. The third kappa shape index (κ3) is 4.09. The molecule has 2 amide bonds. The van der Waals surface area contributed by atoms with E-state index in [0.717, 1.165) is 5.57 Å². The zero-order valence-corrected chi connectivity index (χ0v) is 23.0. The number of imide groups is 1. The van der Waals surface area contributed by atoms with E-state index in [-0.39, 0.29) is 60.7 Å². The number of amides is 2. The summed E-state index contributed by atoms with van der Waals surface area (Å²) in [5.74, 6) is -4.41. The molecular formula is C28H26INO8. The number of allylic oxidation sites excluding steroid dienone is 6. The summed E-state index contributed by atoms with van der Waals surface area (Å²) in [6, 6.07) is 3.39. The van der Waals surface area contributed by atoms with Gasteiger partial charge in [-0.25, -0.2) is 0 Å². The maximum absolute atomic E-state index is 13.6. The molecule has 198 valence electrons. The molecule has 1 aromatic carbocycles. The van der Waals surface area contributed by atoms with Crippen LogP contribution in [-0.4, -0.2) is 58.1 Å². The number of Topliss-reactive ketones (excluding diaryl/α,β-unsaturated/α-hetero) is 1. The average molecular weight is 631 g/mol. The average Bonchev–Trinajstić information content (AvgIpc) is 3.12. The van der Waals surface area contributed by atoms with Gasteiger partial charge in [0.05, 0.1) is 22.5 Å². The topological polar surface area (TPSA) is 138 Å². The second-order valence-corrected chi connectivity index (χ2v) is 11.3. The molecular weight excluding hydrogens is 605 g/mol. The number of aromatic hydroxyl groups is 1. The van der Waals surface area contributed by atoms with Crippen molar-refractivity contribution in [3.05, 3.63) is 55.7 Å². The second-order valence-electron chi connectivity index (χ2n) is 10.1. The number of methoxy groups -OCH3 is 1. The van der Waals surface area contributed by atoms with E-state index in [1.54, 1.807) is 19.1 Å². The fourth-order valence-electron chi connectivity index (χ4n) is 6.35. The number of hydrogen-bond acceptors (Lipinski definition) is 7. The quantitative estimate of drug-likeness (QED) is 0.211. The molecule has 5 rings (SSSR count). The molecule has 1 saturated heterocycles. The largest absolute Gasteiger partial charge is 0.504 e. The zero-order chi connectivity index (χ0) is 27.5. The predicted molar refractivity (Wildman–Crippen MR) is 142 cm³/mol.